The van der Waals surface area contributed by atoms with E-state index in [4.69, 9.17) is 9.47 Å². The molecule has 1 amide bonds. The smallest absolute Gasteiger partial charge is 0.251 e. The van der Waals surface area contributed by atoms with Crippen LogP contribution >= 0.6 is 0 Å². The Balaban J connectivity index is 2.11. The molecule has 4 nitrogen and oxygen atoms in total. The summed E-state index contributed by atoms with van der Waals surface area (Å²) in [4.78, 5) is 12.4. The molecule has 1 aromatic rings. The third-order valence-corrected chi connectivity index (χ3v) is 3.80. The summed E-state index contributed by atoms with van der Waals surface area (Å²) in [6.07, 6.45) is 2.27. The van der Waals surface area contributed by atoms with Crippen molar-refractivity contribution < 1.29 is 18.7 Å². The van der Waals surface area contributed by atoms with Crippen LogP contribution in [0.15, 0.2) is 29.5 Å². The van der Waals surface area contributed by atoms with Crippen LogP contribution in [0.5, 0.6) is 5.75 Å². The number of ether oxygens (including phenoxy) is 2. The maximum absolute atomic E-state index is 13.8. The Kier molecular flexibility index (Phi) is 5.41. The molecule has 0 fully saturated rings. The maximum Gasteiger partial charge on any atom is 0.251 e. The zero-order valence-corrected chi connectivity index (χ0v) is 13.2. The minimum Gasteiger partial charge on any atom is -0.497 e. The lowest BCUT2D eigenvalue weighted by atomic mass is 10.0. The van der Waals surface area contributed by atoms with Crippen molar-refractivity contribution in [2.24, 2.45) is 0 Å². The Morgan fingerprint density at radius 3 is 2.91 bits per heavy atom. The van der Waals surface area contributed by atoms with Crippen LogP contribution < -0.4 is 10.1 Å². The van der Waals surface area contributed by atoms with Crippen molar-refractivity contribution in [3.8, 4) is 5.75 Å². The second-order valence-corrected chi connectivity index (χ2v) is 5.30. The van der Waals surface area contributed by atoms with Gasteiger partial charge < -0.3 is 14.8 Å². The molecule has 1 N–H and O–H groups in total. The molecule has 0 unspecified atom stereocenters. The summed E-state index contributed by atoms with van der Waals surface area (Å²) in [6, 6.07) is 4.41. The zero-order valence-electron chi connectivity index (χ0n) is 13.2. The fourth-order valence-electron chi connectivity index (χ4n) is 2.55. The molecule has 0 aromatic heterocycles. The first-order valence-electron chi connectivity index (χ1n) is 7.56. The van der Waals surface area contributed by atoms with Gasteiger partial charge in [0.15, 0.2) is 11.6 Å². The lowest BCUT2D eigenvalue weighted by Crippen LogP contribution is -2.30. The summed E-state index contributed by atoms with van der Waals surface area (Å²) in [6.45, 7) is 4.46. The van der Waals surface area contributed by atoms with Gasteiger partial charge in [-0.25, -0.2) is 4.39 Å². The van der Waals surface area contributed by atoms with E-state index in [1.807, 2.05) is 13.8 Å². The second kappa shape index (κ2) is 7.29. The number of benzene rings is 1. The summed E-state index contributed by atoms with van der Waals surface area (Å²) in [5, 5.41) is 2.91. The number of nitrogens with one attached hydrogen (secondary N) is 1. The molecule has 5 heteroatoms. The molecular weight excluding hydrogens is 285 g/mol. The van der Waals surface area contributed by atoms with E-state index < -0.39 is 5.82 Å². The van der Waals surface area contributed by atoms with Crippen LogP contribution in [0.1, 0.15) is 44.7 Å². The third kappa shape index (κ3) is 3.59. The number of carbonyl (C=O) groups is 1. The molecule has 0 saturated heterocycles. The minimum absolute atomic E-state index is 0.139. The van der Waals surface area contributed by atoms with Gasteiger partial charge in [-0.15, -0.1) is 0 Å². The van der Waals surface area contributed by atoms with Gasteiger partial charge in [0.05, 0.1) is 25.3 Å². The van der Waals surface area contributed by atoms with Crippen molar-refractivity contribution >= 4 is 5.91 Å². The molecule has 1 aromatic carbocycles. The van der Waals surface area contributed by atoms with E-state index in [2.05, 4.69) is 5.32 Å². The number of carbonyl (C=O) groups excluding carboxylic acids is 1. The number of methoxy groups -OCH3 is 1. The van der Waals surface area contributed by atoms with E-state index in [-0.39, 0.29) is 17.7 Å². The SMILES string of the molecule is CCC1=C(C(=O)N[C@H](C)c2ccc(OC)c(F)c2)CCCO1. The van der Waals surface area contributed by atoms with Crippen molar-refractivity contribution in [2.45, 2.75) is 39.2 Å². The third-order valence-electron chi connectivity index (χ3n) is 3.80. The molecular formula is C17H22FNO3. The molecule has 0 bridgehead atoms. The van der Waals surface area contributed by atoms with Crippen molar-refractivity contribution in [1.82, 2.24) is 5.32 Å². The first kappa shape index (κ1) is 16.3. The Bertz CT molecular complexity index is 583. The highest BCUT2D eigenvalue weighted by atomic mass is 19.1. The predicted octanol–water partition coefficient (Wildman–Crippen LogP) is 3.49. The van der Waals surface area contributed by atoms with Crippen molar-refractivity contribution in [1.29, 1.82) is 0 Å². The molecule has 1 atom stereocenters. The van der Waals surface area contributed by atoms with Gasteiger partial charge in [0.2, 0.25) is 0 Å². The molecule has 0 spiro atoms. The number of allylic oxidation sites excluding steroid dienone is 1. The quantitative estimate of drug-likeness (QED) is 0.906. The lowest BCUT2D eigenvalue weighted by Gasteiger charge is -2.22. The van der Waals surface area contributed by atoms with Gasteiger partial charge in [0.25, 0.3) is 5.91 Å². The number of rotatable bonds is 5. The van der Waals surface area contributed by atoms with Crippen LogP contribution in [0.2, 0.25) is 0 Å². The van der Waals surface area contributed by atoms with E-state index in [0.717, 1.165) is 18.6 Å². The van der Waals surface area contributed by atoms with Crippen LogP contribution in [0.4, 0.5) is 4.39 Å². The molecule has 1 heterocycles. The van der Waals surface area contributed by atoms with Crippen LogP contribution in [-0.4, -0.2) is 19.6 Å². The van der Waals surface area contributed by atoms with Crippen molar-refractivity contribution in [2.75, 3.05) is 13.7 Å². The lowest BCUT2D eigenvalue weighted by molar-refractivity contribution is -0.118. The number of amides is 1. The van der Waals surface area contributed by atoms with Gasteiger partial charge in [-0.2, -0.15) is 0 Å². The molecule has 0 aliphatic carbocycles. The highest BCUT2D eigenvalue weighted by molar-refractivity contribution is 5.94. The Morgan fingerprint density at radius 2 is 2.27 bits per heavy atom. The average Bonchev–Trinajstić information content (AvgIpc) is 2.54. The summed E-state index contributed by atoms with van der Waals surface area (Å²) < 4.78 is 24.2. The topological polar surface area (TPSA) is 47.6 Å². The standard InChI is InChI=1S/C17H22FNO3/c1-4-15-13(6-5-9-22-15)17(20)19-11(2)12-7-8-16(21-3)14(18)10-12/h7-8,10-11H,4-6,9H2,1-3H3,(H,19,20)/t11-/m1/s1. The summed E-state index contributed by atoms with van der Waals surface area (Å²) in [5.74, 6) is 0.381. The van der Waals surface area contributed by atoms with Crippen LogP contribution in [0, 0.1) is 5.82 Å². The molecule has 2 rings (SSSR count). The Morgan fingerprint density at radius 1 is 1.50 bits per heavy atom. The largest absolute Gasteiger partial charge is 0.497 e. The van der Waals surface area contributed by atoms with Gasteiger partial charge in [-0.1, -0.05) is 13.0 Å². The summed E-state index contributed by atoms with van der Waals surface area (Å²) in [7, 11) is 1.42. The van der Waals surface area contributed by atoms with Crippen molar-refractivity contribution in [3.63, 3.8) is 0 Å². The molecule has 0 radical (unpaired) electrons. The van der Waals surface area contributed by atoms with Gasteiger partial charge >= 0.3 is 0 Å². The maximum atomic E-state index is 13.8. The van der Waals surface area contributed by atoms with Gasteiger partial charge in [0.1, 0.15) is 5.76 Å². The van der Waals surface area contributed by atoms with Gasteiger partial charge in [-0.05, 0) is 37.5 Å². The van der Waals surface area contributed by atoms with E-state index in [1.165, 1.54) is 13.2 Å². The summed E-state index contributed by atoms with van der Waals surface area (Å²) in [5.41, 5.74) is 1.40. The fraction of sp³-hybridized carbons (Fsp3) is 0.471. The van der Waals surface area contributed by atoms with E-state index >= 15 is 0 Å². The van der Waals surface area contributed by atoms with Gasteiger partial charge in [0, 0.05) is 6.42 Å². The van der Waals surface area contributed by atoms with E-state index in [9.17, 15) is 9.18 Å². The molecule has 120 valence electrons. The molecule has 22 heavy (non-hydrogen) atoms. The number of halogens is 1. The summed E-state index contributed by atoms with van der Waals surface area (Å²) >= 11 is 0. The molecule has 0 saturated carbocycles. The number of hydrogen-bond acceptors (Lipinski definition) is 3. The predicted molar refractivity (Wildman–Crippen MR) is 82.0 cm³/mol. The monoisotopic (exact) mass is 307 g/mol. The van der Waals surface area contributed by atoms with E-state index in [0.29, 0.717) is 24.2 Å². The zero-order chi connectivity index (χ0) is 16.1. The molecule has 1 aliphatic rings. The highest BCUT2D eigenvalue weighted by Gasteiger charge is 2.21. The van der Waals surface area contributed by atoms with Crippen LogP contribution in [0.25, 0.3) is 0 Å². The first-order valence-corrected chi connectivity index (χ1v) is 7.56. The number of hydrogen-bond donors (Lipinski definition) is 1. The first-order chi connectivity index (χ1) is 10.6. The average molecular weight is 307 g/mol. The van der Waals surface area contributed by atoms with Crippen LogP contribution in [0.3, 0.4) is 0 Å². The Hall–Kier alpha value is -2.04. The second-order valence-electron chi connectivity index (χ2n) is 5.30. The minimum atomic E-state index is -0.435. The van der Waals surface area contributed by atoms with Gasteiger partial charge in [-0.3, -0.25) is 4.79 Å². The Labute approximate surface area is 130 Å². The fourth-order valence-corrected chi connectivity index (χ4v) is 2.55. The van der Waals surface area contributed by atoms with Crippen LogP contribution in [-0.2, 0) is 9.53 Å². The normalized spacial score (nSPS) is 16.0. The highest BCUT2D eigenvalue weighted by Crippen LogP contribution is 2.24. The van der Waals surface area contributed by atoms with Crippen molar-refractivity contribution in [3.05, 3.63) is 40.9 Å². The van der Waals surface area contributed by atoms with E-state index in [1.54, 1.807) is 12.1 Å². The molecule has 1 aliphatic heterocycles.